The molecular formula is C31H35N7. The number of nitrogens with zero attached hydrogens (tertiary/aromatic N) is 6. The first kappa shape index (κ1) is 24.4. The molecule has 3 aromatic heterocycles. The van der Waals surface area contributed by atoms with E-state index in [-0.39, 0.29) is 5.54 Å². The molecule has 0 aliphatic rings. The third-order valence-electron chi connectivity index (χ3n) is 8.18. The van der Waals surface area contributed by atoms with Crippen LogP contribution in [0.15, 0.2) is 72.8 Å². The molecule has 0 fully saturated rings. The van der Waals surface area contributed by atoms with Crippen LogP contribution in [-0.2, 0) is 40.4 Å². The quantitative estimate of drug-likeness (QED) is 0.291. The predicted molar refractivity (Wildman–Crippen MR) is 154 cm³/mol. The number of rotatable bonds is 9. The number of para-hydroxylation sites is 6. The molecule has 0 unspecified atom stereocenters. The lowest BCUT2D eigenvalue weighted by atomic mass is 9.84. The molecule has 6 aromatic rings. The molecule has 6 rings (SSSR count). The zero-order valence-corrected chi connectivity index (χ0v) is 22.4. The molecule has 3 aromatic carbocycles. The molecule has 0 radical (unpaired) electrons. The van der Waals surface area contributed by atoms with Gasteiger partial charge in [0.05, 0.1) is 33.1 Å². The number of aryl methyl sites for hydroxylation is 6. The predicted octanol–water partition coefficient (Wildman–Crippen LogP) is 5.24. The summed E-state index contributed by atoms with van der Waals surface area (Å²) in [5.74, 6) is 3.23. The van der Waals surface area contributed by atoms with Crippen molar-refractivity contribution in [3.8, 4) is 0 Å². The maximum Gasteiger partial charge on any atom is 0.109 e. The maximum absolute atomic E-state index is 7.26. The highest BCUT2D eigenvalue weighted by molar-refractivity contribution is 5.77. The Morgan fingerprint density at radius 3 is 1.11 bits per heavy atom. The Morgan fingerprint density at radius 1 is 0.526 bits per heavy atom. The van der Waals surface area contributed by atoms with Crippen LogP contribution in [0.25, 0.3) is 33.1 Å². The molecule has 3 heterocycles. The van der Waals surface area contributed by atoms with Crippen molar-refractivity contribution >= 4 is 33.1 Å². The smallest absolute Gasteiger partial charge is 0.109 e. The maximum atomic E-state index is 7.26. The average Bonchev–Trinajstić information content (AvgIpc) is 3.56. The zero-order valence-electron chi connectivity index (χ0n) is 22.4. The third-order valence-corrected chi connectivity index (χ3v) is 8.18. The number of hydrogen-bond donors (Lipinski definition) is 1. The van der Waals surface area contributed by atoms with Crippen molar-refractivity contribution in [3.63, 3.8) is 0 Å². The first-order chi connectivity index (χ1) is 18.4. The first-order valence-corrected chi connectivity index (χ1v) is 13.4. The van der Waals surface area contributed by atoms with Crippen LogP contribution in [0.3, 0.4) is 0 Å². The summed E-state index contributed by atoms with van der Waals surface area (Å²) in [4.78, 5) is 14.7. The second-order valence-corrected chi connectivity index (χ2v) is 10.6. The van der Waals surface area contributed by atoms with Gasteiger partial charge in [0.1, 0.15) is 17.5 Å². The summed E-state index contributed by atoms with van der Waals surface area (Å²) in [5, 5.41) is 0. The lowest BCUT2D eigenvalue weighted by Gasteiger charge is -2.30. The Morgan fingerprint density at radius 2 is 0.816 bits per heavy atom. The number of benzene rings is 3. The molecule has 0 aliphatic heterocycles. The molecule has 0 atom stereocenters. The van der Waals surface area contributed by atoms with Gasteiger partial charge in [-0.15, -0.1) is 0 Å². The van der Waals surface area contributed by atoms with Crippen LogP contribution < -0.4 is 5.73 Å². The summed E-state index contributed by atoms with van der Waals surface area (Å²) in [7, 11) is 6.30. The van der Waals surface area contributed by atoms with Gasteiger partial charge in [-0.1, -0.05) is 36.4 Å². The van der Waals surface area contributed by atoms with Gasteiger partial charge in [-0.05, 0) is 55.7 Å². The fraction of sp³-hybridized carbons (Fsp3) is 0.323. The van der Waals surface area contributed by atoms with Crippen LogP contribution in [0.4, 0.5) is 0 Å². The summed E-state index contributed by atoms with van der Waals surface area (Å²) >= 11 is 0. The Bertz CT molecular complexity index is 1530. The molecule has 0 bridgehead atoms. The van der Waals surface area contributed by atoms with Gasteiger partial charge in [-0.25, -0.2) is 15.0 Å². The molecule has 7 heteroatoms. The second-order valence-electron chi connectivity index (χ2n) is 10.6. The lowest BCUT2D eigenvalue weighted by molar-refractivity contribution is 0.330. The normalized spacial score (nSPS) is 12.3. The van der Waals surface area contributed by atoms with Crippen molar-refractivity contribution in [2.75, 3.05) is 0 Å². The van der Waals surface area contributed by atoms with Gasteiger partial charge in [0.25, 0.3) is 0 Å². The van der Waals surface area contributed by atoms with Gasteiger partial charge in [-0.3, -0.25) is 0 Å². The van der Waals surface area contributed by atoms with Gasteiger partial charge in [0, 0.05) is 45.9 Å². The fourth-order valence-electron chi connectivity index (χ4n) is 5.71. The van der Waals surface area contributed by atoms with Crippen molar-refractivity contribution in [2.45, 2.75) is 44.1 Å². The number of imidazole rings is 3. The molecule has 0 saturated carbocycles. The van der Waals surface area contributed by atoms with Crippen LogP contribution >= 0.6 is 0 Å². The zero-order chi connectivity index (χ0) is 26.3. The van der Waals surface area contributed by atoms with Crippen molar-refractivity contribution in [2.24, 2.45) is 26.9 Å². The van der Waals surface area contributed by atoms with Crippen LogP contribution in [0.5, 0.6) is 0 Å². The number of fused-ring (bicyclic) bond motifs is 3. The molecule has 38 heavy (non-hydrogen) atoms. The lowest BCUT2D eigenvalue weighted by Crippen LogP contribution is -2.42. The van der Waals surface area contributed by atoms with Crippen molar-refractivity contribution in [3.05, 3.63) is 90.3 Å². The number of aromatic nitrogens is 6. The fourth-order valence-corrected chi connectivity index (χ4v) is 5.71. The molecular weight excluding hydrogens is 470 g/mol. The van der Waals surface area contributed by atoms with Crippen LogP contribution in [0, 0.1) is 0 Å². The molecule has 7 nitrogen and oxygen atoms in total. The SMILES string of the molecule is Cn1c(CCC(N)(CCc2nc3ccccc3n2C)CCc2nc3ccccc3n2C)nc2ccccc21. The molecule has 2 N–H and O–H groups in total. The topological polar surface area (TPSA) is 79.5 Å². The second kappa shape index (κ2) is 9.72. The highest BCUT2D eigenvalue weighted by Gasteiger charge is 2.27. The van der Waals surface area contributed by atoms with Gasteiger partial charge in [0.2, 0.25) is 0 Å². The standard InChI is InChI=1S/C31H35N7/c1-36-25-13-7-4-10-22(25)33-28(36)16-19-31(32,20-17-29-34-23-11-5-8-14-26(23)37(29)2)21-18-30-35-24-12-6-9-15-27(24)38(30)3/h4-15H,16-21,32H2,1-3H3. The first-order valence-electron chi connectivity index (χ1n) is 13.4. The summed E-state index contributed by atoms with van der Waals surface area (Å²) < 4.78 is 6.60. The van der Waals surface area contributed by atoms with Crippen LogP contribution in [-0.4, -0.2) is 34.2 Å². The van der Waals surface area contributed by atoms with E-state index in [1.807, 2.05) is 18.2 Å². The largest absolute Gasteiger partial charge is 0.331 e. The minimum absolute atomic E-state index is 0.381. The third kappa shape index (κ3) is 4.47. The van der Waals surface area contributed by atoms with E-state index in [4.69, 9.17) is 20.7 Å². The highest BCUT2D eigenvalue weighted by atomic mass is 15.1. The van der Waals surface area contributed by atoms with Crippen molar-refractivity contribution < 1.29 is 0 Å². The summed E-state index contributed by atoms with van der Waals surface area (Å²) in [6.07, 6.45) is 5.01. The van der Waals surface area contributed by atoms with Crippen molar-refractivity contribution in [1.82, 2.24) is 28.7 Å². The molecule has 0 amide bonds. The van der Waals surface area contributed by atoms with E-state index in [1.54, 1.807) is 0 Å². The summed E-state index contributed by atoms with van der Waals surface area (Å²) in [6.45, 7) is 0. The van der Waals surface area contributed by atoms with Crippen LogP contribution in [0.2, 0.25) is 0 Å². The Balaban J connectivity index is 1.25. The van der Waals surface area contributed by atoms with E-state index >= 15 is 0 Å². The van der Waals surface area contributed by atoms with Crippen molar-refractivity contribution in [1.29, 1.82) is 0 Å². The highest BCUT2D eigenvalue weighted by Crippen LogP contribution is 2.27. The van der Waals surface area contributed by atoms with Crippen LogP contribution in [0.1, 0.15) is 36.7 Å². The molecule has 0 spiro atoms. The Hall–Kier alpha value is -3.97. The van der Waals surface area contributed by atoms with E-state index in [9.17, 15) is 0 Å². The van der Waals surface area contributed by atoms with Gasteiger partial charge < -0.3 is 19.4 Å². The number of hydrogen-bond acceptors (Lipinski definition) is 4. The van der Waals surface area contributed by atoms with E-state index in [1.165, 1.54) is 0 Å². The molecule has 194 valence electrons. The number of nitrogens with two attached hydrogens (primary N) is 1. The minimum Gasteiger partial charge on any atom is -0.331 e. The van der Waals surface area contributed by atoms with E-state index in [0.717, 1.165) is 89.1 Å². The summed E-state index contributed by atoms with van der Waals surface area (Å²) in [6, 6.07) is 24.9. The van der Waals surface area contributed by atoms with Gasteiger partial charge in [-0.2, -0.15) is 0 Å². The monoisotopic (exact) mass is 505 g/mol. The molecule has 0 saturated heterocycles. The molecule has 0 aliphatic carbocycles. The van der Waals surface area contributed by atoms with Gasteiger partial charge >= 0.3 is 0 Å². The summed E-state index contributed by atoms with van der Waals surface area (Å²) in [5.41, 5.74) is 13.5. The minimum atomic E-state index is -0.381. The Labute approximate surface area is 222 Å². The van der Waals surface area contributed by atoms with E-state index < -0.39 is 0 Å². The Kier molecular flexibility index (Phi) is 6.24. The van der Waals surface area contributed by atoms with Gasteiger partial charge in [0.15, 0.2) is 0 Å². The average molecular weight is 506 g/mol. The van der Waals surface area contributed by atoms with E-state index in [0.29, 0.717) is 0 Å². The van der Waals surface area contributed by atoms with E-state index in [2.05, 4.69) is 89.4 Å².